The third-order valence-corrected chi connectivity index (χ3v) is 5.90. The third-order valence-electron chi connectivity index (χ3n) is 5.00. The van der Waals surface area contributed by atoms with Gasteiger partial charge in [-0.1, -0.05) is 67.4 Å². The van der Waals surface area contributed by atoms with Crippen LogP contribution in [0.4, 0.5) is 0 Å². The summed E-state index contributed by atoms with van der Waals surface area (Å²) in [7, 11) is 0. The van der Waals surface area contributed by atoms with E-state index in [0.717, 1.165) is 5.92 Å². The molecule has 140 valence electrons. The van der Waals surface area contributed by atoms with E-state index in [2.05, 4.69) is 60.0 Å². The van der Waals surface area contributed by atoms with E-state index in [1.165, 1.54) is 37.8 Å². The van der Waals surface area contributed by atoms with Crippen molar-refractivity contribution in [3.8, 4) is 0 Å². The van der Waals surface area contributed by atoms with Gasteiger partial charge >= 0.3 is 0 Å². The van der Waals surface area contributed by atoms with E-state index in [9.17, 15) is 0 Å². The molecule has 1 nitrogen and oxygen atoms in total. The van der Waals surface area contributed by atoms with Crippen LogP contribution in [-0.4, -0.2) is 4.98 Å². The standard InChI is InChI=1S/C13H21NS.C6H14.C3H6/c1-9(2)13(10(3)4)7-5-6-11-12(13)14-8-15-11;1-4-5-6(2)3;1-3-2/h8-10H,5-7H2,1-4H3;6H,4-5H2,1-3H3;3H,1H2,2H3. The van der Waals surface area contributed by atoms with Crippen LogP contribution < -0.4 is 0 Å². The van der Waals surface area contributed by atoms with Crippen LogP contribution in [0.5, 0.6) is 0 Å². The minimum atomic E-state index is 0.341. The SMILES string of the molecule is C=CC.CC(C)C1(C(C)C)CCCc2scnc21.CCCC(C)C. The van der Waals surface area contributed by atoms with E-state index in [1.54, 1.807) is 11.0 Å². The smallest absolute Gasteiger partial charge is 0.0797 e. The molecule has 0 unspecified atom stereocenters. The first-order chi connectivity index (χ1) is 11.3. The van der Waals surface area contributed by atoms with Crippen molar-refractivity contribution >= 4 is 11.3 Å². The molecule has 0 amide bonds. The van der Waals surface area contributed by atoms with Crippen LogP contribution in [0.15, 0.2) is 18.2 Å². The maximum absolute atomic E-state index is 4.67. The van der Waals surface area contributed by atoms with E-state index >= 15 is 0 Å². The first-order valence-electron chi connectivity index (χ1n) is 9.77. The molecule has 1 aliphatic rings. The summed E-state index contributed by atoms with van der Waals surface area (Å²) >= 11 is 1.85. The zero-order valence-corrected chi connectivity index (χ0v) is 18.3. The second-order valence-electron chi connectivity index (χ2n) is 7.92. The second kappa shape index (κ2) is 11.8. The lowest BCUT2D eigenvalue weighted by Crippen LogP contribution is -2.41. The van der Waals surface area contributed by atoms with E-state index in [4.69, 9.17) is 0 Å². The van der Waals surface area contributed by atoms with Crippen molar-refractivity contribution in [2.75, 3.05) is 0 Å². The number of hydrogen-bond acceptors (Lipinski definition) is 2. The Bertz CT molecular complexity index is 435. The summed E-state index contributed by atoms with van der Waals surface area (Å²) in [5.74, 6) is 2.28. The largest absolute Gasteiger partial charge is 0.249 e. The van der Waals surface area contributed by atoms with Gasteiger partial charge in [0.1, 0.15) is 0 Å². The molecule has 0 N–H and O–H groups in total. The quantitative estimate of drug-likeness (QED) is 0.507. The Hall–Kier alpha value is -0.630. The Morgan fingerprint density at radius 3 is 2.12 bits per heavy atom. The zero-order valence-electron chi connectivity index (χ0n) is 17.5. The van der Waals surface area contributed by atoms with Gasteiger partial charge in [-0.2, -0.15) is 0 Å². The Kier molecular flexibility index (Phi) is 11.5. The van der Waals surface area contributed by atoms with E-state index in [-0.39, 0.29) is 0 Å². The number of nitrogens with zero attached hydrogens (tertiary/aromatic N) is 1. The molecule has 2 rings (SSSR count). The summed E-state index contributed by atoms with van der Waals surface area (Å²) in [5, 5.41) is 0. The molecule has 0 fully saturated rings. The molecule has 1 aromatic rings. The minimum absolute atomic E-state index is 0.341. The molecule has 0 aliphatic heterocycles. The maximum atomic E-state index is 4.67. The Morgan fingerprint density at radius 2 is 1.75 bits per heavy atom. The normalized spacial score (nSPS) is 15.3. The molecule has 0 radical (unpaired) electrons. The van der Waals surface area contributed by atoms with Crippen LogP contribution in [0.3, 0.4) is 0 Å². The predicted molar refractivity (Wildman–Crippen MR) is 112 cm³/mol. The van der Waals surface area contributed by atoms with Crippen LogP contribution in [0.25, 0.3) is 0 Å². The lowest BCUT2D eigenvalue weighted by Gasteiger charge is -2.43. The molecule has 0 aromatic carbocycles. The zero-order chi connectivity index (χ0) is 18.8. The van der Waals surface area contributed by atoms with Gasteiger partial charge < -0.3 is 0 Å². The van der Waals surface area contributed by atoms with E-state index in [1.807, 2.05) is 23.8 Å². The van der Waals surface area contributed by atoms with Gasteiger partial charge in [0.05, 0.1) is 11.2 Å². The van der Waals surface area contributed by atoms with Crippen LogP contribution in [0.2, 0.25) is 0 Å². The molecule has 1 heterocycles. The fourth-order valence-corrected chi connectivity index (χ4v) is 4.76. The molecule has 0 atom stereocenters. The second-order valence-corrected chi connectivity index (χ2v) is 8.86. The van der Waals surface area contributed by atoms with Gasteiger partial charge in [0, 0.05) is 10.3 Å². The number of aryl methyl sites for hydroxylation is 1. The highest BCUT2D eigenvalue weighted by Gasteiger charge is 2.43. The molecular weight excluding hydrogens is 310 g/mol. The highest BCUT2D eigenvalue weighted by atomic mass is 32.1. The molecule has 0 saturated heterocycles. The van der Waals surface area contributed by atoms with Crippen LogP contribution in [0.1, 0.15) is 91.6 Å². The Labute approximate surface area is 156 Å². The number of hydrogen-bond donors (Lipinski definition) is 0. The van der Waals surface area contributed by atoms with Gasteiger partial charge in [0.2, 0.25) is 0 Å². The van der Waals surface area contributed by atoms with Gasteiger partial charge in [-0.15, -0.1) is 17.9 Å². The van der Waals surface area contributed by atoms with Crippen molar-refractivity contribution in [3.05, 3.63) is 28.7 Å². The molecule has 2 heteroatoms. The molecule has 0 saturated carbocycles. The van der Waals surface area contributed by atoms with Crippen molar-refractivity contribution in [2.45, 2.75) is 92.9 Å². The highest BCUT2D eigenvalue weighted by Crippen LogP contribution is 2.48. The van der Waals surface area contributed by atoms with Gasteiger partial charge in [-0.25, -0.2) is 4.98 Å². The van der Waals surface area contributed by atoms with Crippen LogP contribution in [0, 0.1) is 17.8 Å². The summed E-state index contributed by atoms with van der Waals surface area (Å²) < 4.78 is 0. The number of rotatable bonds is 4. The molecule has 1 aromatic heterocycles. The summed E-state index contributed by atoms with van der Waals surface area (Å²) in [5.41, 5.74) is 3.80. The van der Waals surface area contributed by atoms with Crippen molar-refractivity contribution in [2.24, 2.45) is 17.8 Å². The first-order valence-corrected chi connectivity index (χ1v) is 10.7. The highest BCUT2D eigenvalue weighted by molar-refractivity contribution is 7.09. The minimum Gasteiger partial charge on any atom is -0.249 e. The lowest BCUT2D eigenvalue weighted by molar-refractivity contribution is 0.181. The summed E-state index contributed by atoms with van der Waals surface area (Å²) in [6.45, 7) is 21.4. The molecule has 24 heavy (non-hydrogen) atoms. The summed E-state index contributed by atoms with van der Waals surface area (Å²) in [6.07, 6.45) is 8.36. The summed E-state index contributed by atoms with van der Waals surface area (Å²) in [6, 6.07) is 0. The average Bonchev–Trinajstić information content (AvgIpc) is 2.96. The van der Waals surface area contributed by atoms with Gasteiger partial charge in [0.15, 0.2) is 0 Å². The fraction of sp³-hybridized carbons (Fsp3) is 0.773. The topological polar surface area (TPSA) is 12.9 Å². The number of thiazole rings is 1. The molecular formula is C22H41NS. The van der Waals surface area contributed by atoms with Gasteiger partial charge in [0.25, 0.3) is 0 Å². The summed E-state index contributed by atoms with van der Waals surface area (Å²) in [4.78, 5) is 6.22. The predicted octanol–water partition coefficient (Wildman–Crippen LogP) is 7.66. The Balaban J connectivity index is 0.000000495. The van der Waals surface area contributed by atoms with Crippen molar-refractivity contribution in [1.29, 1.82) is 0 Å². The van der Waals surface area contributed by atoms with Crippen molar-refractivity contribution in [1.82, 2.24) is 4.98 Å². The van der Waals surface area contributed by atoms with Crippen molar-refractivity contribution in [3.63, 3.8) is 0 Å². The lowest BCUT2D eigenvalue weighted by atomic mass is 9.61. The monoisotopic (exact) mass is 351 g/mol. The van der Waals surface area contributed by atoms with Crippen LogP contribution in [-0.2, 0) is 11.8 Å². The molecule has 1 aliphatic carbocycles. The molecule has 0 bridgehead atoms. The average molecular weight is 352 g/mol. The maximum Gasteiger partial charge on any atom is 0.0797 e. The van der Waals surface area contributed by atoms with E-state index < -0.39 is 0 Å². The first kappa shape index (κ1) is 23.4. The van der Waals surface area contributed by atoms with Crippen LogP contribution >= 0.6 is 11.3 Å². The van der Waals surface area contributed by atoms with Crippen molar-refractivity contribution < 1.29 is 0 Å². The Morgan fingerprint density at radius 1 is 1.21 bits per heavy atom. The van der Waals surface area contributed by atoms with E-state index in [0.29, 0.717) is 17.3 Å². The number of aromatic nitrogens is 1. The fourth-order valence-electron chi connectivity index (χ4n) is 3.86. The third kappa shape index (κ3) is 6.35. The number of fused-ring (bicyclic) bond motifs is 1. The number of allylic oxidation sites excluding steroid dienone is 1. The molecule has 0 spiro atoms. The van der Waals surface area contributed by atoms with Gasteiger partial charge in [-0.05, 0) is 43.9 Å². The van der Waals surface area contributed by atoms with Gasteiger partial charge in [-0.3, -0.25) is 0 Å².